The second-order valence-electron chi connectivity index (χ2n) is 4.98. The van der Waals surface area contributed by atoms with Gasteiger partial charge in [-0.15, -0.1) is 0 Å². The first-order chi connectivity index (χ1) is 11.6. The first kappa shape index (κ1) is 16.5. The van der Waals surface area contributed by atoms with Crippen molar-refractivity contribution >= 4 is 28.9 Å². The Balaban J connectivity index is 1.62. The number of hydrogen-bond acceptors (Lipinski definition) is 5. The quantitative estimate of drug-likeness (QED) is 0.474. The summed E-state index contributed by atoms with van der Waals surface area (Å²) < 4.78 is 5.15. The zero-order valence-electron chi connectivity index (χ0n) is 12.7. The van der Waals surface area contributed by atoms with Crippen molar-refractivity contribution in [3.8, 4) is 11.4 Å². The van der Waals surface area contributed by atoms with E-state index in [1.165, 1.54) is 0 Å². The van der Waals surface area contributed by atoms with Crippen LogP contribution in [0.5, 0.6) is 0 Å². The summed E-state index contributed by atoms with van der Waals surface area (Å²) in [5.41, 5.74) is 2.46. The van der Waals surface area contributed by atoms with Gasteiger partial charge in [-0.25, -0.2) is 0 Å². The number of benzene rings is 2. The Hall–Kier alpha value is -2.37. The van der Waals surface area contributed by atoms with Gasteiger partial charge >= 0.3 is 0 Å². The summed E-state index contributed by atoms with van der Waals surface area (Å²) in [6.07, 6.45) is 0. The van der Waals surface area contributed by atoms with Crippen LogP contribution < -0.4 is 0 Å². The molecule has 0 amide bonds. The van der Waals surface area contributed by atoms with Crippen molar-refractivity contribution < 1.29 is 9.36 Å². The minimum Gasteiger partial charge on any atom is -0.385 e. The predicted octanol–water partition coefficient (Wildman–Crippen LogP) is 4.98. The lowest BCUT2D eigenvalue weighted by molar-refractivity contribution is 0.105. The minimum absolute atomic E-state index is 0.0888. The monoisotopic (exact) mass is 361 g/mol. The average Bonchev–Trinajstić information content (AvgIpc) is 3.05. The SMILES string of the molecule is C/C(=N\OCc1nc(-c2ccc(Cl)cc2)no1)c1ccc(Cl)cc1. The van der Waals surface area contributed by atoms with E-state index in [-0.39, 0.29) is 6.61 Å². The Morgan fingerprint density at radius 2 is 1.67 bits per heavy atom. The molecule has 2 aromatic carbocycles. The molecule has 0 saturated carbocycles. The number of hydrogen-bond donors (Lipinski definition) is 0. The second kappa shape index (κ2) is 7.47. The third-order valence-corrected chi connectivity index (χ3v) is 3.73. The topological polar surface area (TPSA) is 60.5 Å². The average molecular weight is 362 g/mol. The van der Waals surface area contributed by atoms with Gasteiger partial charge in [0.25, 0.3) is 5.89 Å². The smallest absolute Gasteiger partial charge is 0.267 e. The molecule has 0 aliphatic heterocycles. The molecular weight excluding hydrogens is 349 g/mol. The molecule has 0 saturated heterocycles. The van der Waals surface area contributed by atoms with Crippen LogP contribution in [-0.4, -0.2) is 15.9 Å². The highest BCUT2D eigenvalue weighted by Gasteiger charge is 2.09. The fraction of sp³-hybridized carbons (Fsp3) is 0.118. The van der Waals surface area contributed by atoms with Gasteiger partial charge in [-0.3, -0.25) is 0 Å². The maximum atomic E-state index is 5.86. The molecule has 0 aliphatic carbocycles. The molecule has 0 fully saturated rings. The van der Waals surface area contributed by atoms with Crippen molar-refractivity contribution in [1.82, 2.24) is 10.1 Å². The third-order valence-electron chi connectivity index (χ3n) is 3.22. The van der Waals surface area contributed by atoms with Crippen molar-refractivity contribution in [2.75, 3.05) is 0 Å². The fourth-order valence-electron chi connectivity index (χ4n) is 1.96. The van der Waals surface area contributed by atoms with Gasteiger partial charge in [-0.2, -0.15) is 4.98 Å². The number of rotatable bonds is 5. The predicted molar refractivity (Wildman–Crippen MR) is 93.2 cm³/mol. The van der Waals surface area contributed by atoms with E-state index in [9.17, 15) is 0 Å². The van der Waals surface area contributed by atoms with Gasteiger partial charge in [-0.1, -0.05) is 45.6 Å². The lowest BCUT2D eigenvalue weighted by Crippen LogP contribution is -1.96. The van der Waals surface area contributed by atoms with Crippen molar-refractivity contribution in [2.45, 2.75) is 13.5 Å². The van der Waals surface area contributed by atoms with Crippen LogP contribution in [0.3, 0.4) is 0 Å². The van der Waals surface area contributed by atoms with E-state index in [0.29, 0.717) is 21.8 Å². The summed E-state index contributed by atoms with van der Waals surface area (Å²) >= 11 is 11.7. The summed E-state index contributed by atoms with van der Waals surface area (Å²) in [7, 11) is 0. The van der Waals surface area contributed by atoms with Crippen molar-refractivity contribution in [3.63, 3.8) is 0 Å². The number of nitrogens with zero attached hydrogens (tertiary/aromatic N) is 3. The van der Waals surface area contributed by atoms with E-state index in [1.54, 1.807) is 24.3 Å². The first-order valence-corrected chi connectivity index (χ1v) is 7.88. The van der Waals surface area contributed by atoms with Gasteiger partial charge in [0.2, 0.25) is 5.82 Å². The van der Waals surface area contributed by atoms with Crippen molar-refractivity contribution in [3.05, 3.63) is 70.0 Å². The second-order valence-corrected chi connectivity index (χ2v) is 5.85. The standard InChI is InChI=1S/C17H13Cl2N3O2/c1-11(12-2-6-14(18)7-3-12)21-23-10-16-20-17(22-24-16)13-4-8-15(19)9-5-13/h2-9H,10H2,1H3/b21-11+. The molecule has 5 nitrogen and oxygen atoms in total. The number of halogens is 2. The van der Waals surface area contributed by atoms with Gasteiger partial charge in [-0.05, 0) is 48.9 Å². The molecule has 1 aromatic heterocycles. The summed E-state index contributed by atoms with van der Waals surface area (Å²) in [4.78, 5) is 9.53. The largest absolute Gasteiger partial charge is 0.385 e. The van der Waals surface area contributed by atoms with Gasteiger partial charge in [0.15, 0.2) is 6.61 Å². The zero-order chi connectivity index (χ0) is 16.9. The molecule has 1 heterocycles. The van der Waals surface area contributed by atoms with Gasteiger partial charge in [0, 0.05) is 15.6 Å². The van der Waals surface area contributed by atoms with Crippen LogP contribution in [0.4, 0.5) is 0 Å². The van der Waals surface area contributed by atoms with Crippen molar-refractivity contribution in [1.29, 1.82) is 0 Å². The van der Waals surface area contributed by atoms with E-state index in [1.807, 2.05) is 31.2 Å². The molecule has 0 aliphatic rings. The van der Waals surface area contributed by atoms with Crippen molar-refractivity contribution in [2.24, 2.45) is 5.16 Å². The summed E-state index contributed by atoms with van der Waals surface area (Å²) in [6.45, 7) is 1.93. The van der Waals surface area contributed by atoms with E-state index in [4.69, 9.17) is 32.6 Å². The van der Waals surface area contributed by atoms with E-state index < -0.39 is 0 Å². The van der Waals surface area contributed by atoms with Crippen LogP contribution in [-0.2, 0) is 11.4 Å². The maximum absolute atomic E-state index is 5.86. The Kier molecular flexibility index (Phi) is 5.13. The lowest BCUT2D eigenvalue weighted by Gasteiger charge is -2.00. The fourth-order valence-corrected chi connectivity index (χ4v) is 2.21. The first-order valence-electron chi connectivity index (χ1n) is 7.13. The van der Waals surface area contributed by atoms with Crippen LogP contribution in [0.25, 0.3) is 11.4 Å². The highest BCUT2D eigenvalue weighted by atomic mass is 35.5. The highest BCUT2D eigenvalue weighted by molar-refractivity contribution is 6.30. The van der Waals surface area contributed by atoms with E-state index >= 15 is 0 Å². The molecular formula is C17H13Cl2N3O2. The Morgan fingerprint density at radius 3 is 2.33 bits per heavy atom. The Bertz CT molecular complexity index is 843. The molecule has 3 rings (SSSR count). The van der Waals surface area contributed by atoms with E-state index in [0.717, 1.165) is 16.8 Å². The van der Waals surface area contributed by atoms with Crippen LogP contribution >= 0.6 is 23.2 Å². The van der Waals surface area contributed by atoms with Crippen LogP contribution in [0.15, 0.2) is 58.2 Å². The Labute approximate surface area is 148 Å². The van der Waals surface area contributed by atoms with Gasteiger partial charge in [0.05, 0.1) is 5.71 Å². The van der Waals surface area contributed by atoms with Crippen LogP contribution in [0.2, 0.25) is 10.0 Å². The maximum Gasteiger partial charge on any atom is 0.267 e. The summed E-state index contributed by atoms with van der Waals surface area (Å²) in [5.74, 6) is 0.816. The molecule has 24 heavy (non-hydrogen) atoms. The van der Waals surface area contributed by atoms with Crippen LogP contribution in [0.1, 0.15) is 18.4 Å². The van der Waals surface area contributed by atoms with Gasteiger partial charge < -0.3 is 9.36 Å². The number of aromatic nitrogens is 2. The van der Waals surface area contributed by atoms with E-state index in [2.05, 4.69) is 15.3 Å². The molecule has 0 radical (unpaired) electrons. The third kappa shape index (κ3) is 4.13. The lowest BCUT2D eigenvalue weighted by atomic mass is 10.1. The molecule has 0 bridgehead atoms. The molecule has 0 unspecified atom stereocenters. The van der Waals surface area contributed by atoms with Gasteiger partial charge in [0.1, 0.15) is 0 Å². The number of oxime groups is 1. The molecule has 3 aromatic rings. The molecule has 0 spiro atoms. The molecule has 122 valence electrons. The Morgan fingerprint density at radius 1 is 1.04 bits per heavy atom. The molecule has 0 atom stereocenters. The zero-order valence-corrected chi connectivity index (χ0v) is 14.3. The molecule has 7 heteroatoms. The normalized spacial score (nSPS) is 11.5. The summed E-state index contributed by atoms with van der Waals surface area (Å²) in [6, 6.07) is 14.5. The highest BCUT2D eigenvalue weighted by Crippen LogP contribution is 2.19. The molecule has 0 N–H and O–H groups in total. The minimum atomic E-state index is 0.0888. The van der Waals surface area contributed by atoms with Crippen LogP contribution in [0, 0.1) is 0 Å². The summed E-state index contributed by atoms with van der Waals surface area (Å²) in [5, 5.41) is 9.28.